The summed E-state index contributed by atoms with van der Waals surface area (Å²) >= 11 is 0. The molecule has 0 atom stereocenters. The van der Waals surface area contributed by atoms with Crippen LogP contribution in [0, 0.1) is 6.92 Å². The summed E-state index contributed by atoms with van der Waals surface area (Å²) in [6, 6.07) is 5.13. The molecule has 2 aromatic rings. The van der Waals surface area contributed by atoms with Crippen LogP contribution in [0.15, 0.2) is 24.3 Å². The summed E-state index contributed by atoms with van der Waals surface area (Å²) in [5.41, 5.74) is 0.0666. The van der Waals surface area contributed by atoms with E-state index in [1.54, 1.807) is 6.92 Å². The zero-order chi connectivity index (χ0) is 16.8. The molecule has 124 valence electrons. The van der Waals surface area contributed by atoms with Crippen LogP contribution in [-0.2, 0) is 12.6 Å². The van der Waals surface area contributed by atoms with Gasteiger partial charge in [0.25, 0.3) is 6.43 Å². The Hall–Kier alpha value is -1.92. The second kappa shape index (κ2) is 5.62. The van der Waals surface area contributed by atoms with Gasteiger partial charge in [0.1, 0.15) is 5.69 Å². The third-order valence-electron chi connectivity index (χ3n) is 3.89. The minimum atomic E-state index is -4.47. The quantitative estimate of drug-likeness (QED) is 0.715. The van der Waals surface area contributed by atoms with Crippen molar-refractivity contribution < 1.29 is 22.0 Å². The second-order valence-electron chi connectivity index (χ2n) is 5.87. The van der Waals surface area contributed by atoms with Crippen LogP contribution in [0.4, 0.5) is 22.0 Å². The molecule has 1 aliphatic rings. The van der Waals surface area contributed by atoms with E-state index in [2.05, 4.69) is 5.10 Å². The molecular weight excluding hydrogens is 315 g/mol. The molecule has 1 aromatic heterocycles. The van der Waals surface area contributed by atoms with E-state index in [1.165, 1.54) is 22.9 Å². The predicted molar refractivity (Wildman–Crippen MR) is 74.4 cm³/mol. The fourth-order valence-corrected chi connectivity index (χ4v) is 2.67. The minimum Gasteiger partial charge on any atom is -0.266 e. The lowest BCUT2D eigenvalue weighted by atomic mass is 9.99. The van der Waals surface area contributed by atoms with Crippen molar-refractivity contribution in [3.63, 3.8) is 0 Å². The molecule has 0 radical (unpaired) electrons. The Kier molecular flexibility index (Phi) is 3.90. The minimum absolute atomic E-state index is 0.0247. The average Bonchev–Trinajstić information content (AvgIpc) is 3.19. The Labute approximate surface area is 129 Å². The largest absolute Gasteiger partial charge is 0.416 e. The van der Waals surface area contributed by atoms with Gasteiger partial charge in [-0.15, -0.1) is 0 Å². The Bertz CT molecular complexity index is 714. The molecule has 1 aromatic carbocycles. The fraction of sp³-hybridized carbons (Fsp3) is 0.438. The highest BCUT2D eigenvalue weighted by molar-refractivity contribution is 5.37. The molecule has 1 heterocycles. The number of hydrogen-bond acceptors (Lipinski definition) is 1. The maximum absolute atomic E-state index is 13.1. The molecule has 0 bridgehead atoms. The maximum atomic E-state index is 13.1. The molecule has 0 spiro atoms. The molecule has 1 saturated carbocycles. The standard InChI is InChI=1S/C16H15F5N2/c1-9-2-5-13(16(19,20)21)10(6-9)7-12-8-14(15(17)18)22-23(12)11-3-4-11/h2,5-6,8,11,15H,3-4,7H2,1H3. The lowest BCUT2D eigenvalue weighted by Gasteiger charge is -2.14. The van der Waals surface area contributed by atoms with E-state index < -0.39 is 18.2 Å². The van der Waals surface area contributed by atoms with Crippen LogP contribution in [0.1, 0.15) is 53.4 Å². The molecule has 2 nitrogen and oxygen atoms in total. The molecule has 0 saturated heterocycles. The highest BCUT2D eigenvalue weighted by atomic mass is 19.4. The number of alkyl halides is 5. The van der Waals surface area contributed by atoms with Crippen molar-refractivity contribution in [1.82, 2.24) is 9.78 Å². The first-order valence-corrected chi connectivity index (χ1v) is 7.29. The highest BCUT2D eigenvalue weighted by Crippen LogP contribution is 2.38. The number of hydrogen-bond donors (Lipinski definition) is 0. The Morgan fingerprint density at radius 2 is 1.91 bits per heavy atom. The first-order chi connectivity index (χ1) is 10.8. The lowest BCUT2D eigenvalue weighted by molar-refractivity contribution is -0.138. The number of nitrogens with zero attached hydrogens (tertiary/aromatic N) is 2. The molecule has 1 aliphatic carbocycles. The smallest absolute Gasteiger partial charge is 0.266 e. The summed E-state index contributed by atoms with van der Waals surface area (Å²) in [7, 11) is 0. The monoisotopic (exact) mass is 330 g/mol. The zero-order valence-corrected chi connectivity index (χ0v) is 12.4. The predicted octanol–water partition coefficient (Wildman–Crippen LogP) is 5.07. The van der Waals surface area contributed by atoms with Gasteiger partial charge in [0, 0.05) is 12.1 Å². The number of halogens is 5. The fourth-order valence-electron chi connectivity index (χ4n) is 2.67. The molecule has 3 rings (SSSR count). The molecule has 0 amide bonds. The van der Waals surface area contributed by atoms with E-state index in [9.17, 15) is 22.0 Å². The van der Waals surface area contributed by atoms with Crippen molar-refractivity contribution in [3.8, 4) is 0 Å². The van der Waals surface area contributed by atoms with Gasteiger partial charge in [-0.2, -0.15) is 18.3 Å². The van der Waals surface area contributed by atoms with Gasteiger partial charge in [-0.1, -0.05) is 17.7 Å². The van der Waals surface area contributed by atoms with Gasteiger partial charge >= 0.3 is 6.18 Å². The van der Waals surface area contributed by atoms with Crippen LogP contribution in [0.3, 0.4) is 0 Å². The van der Waals surface area contributed by atoms with Crippen molar-refractivity contribution in [2.24, 2.45) is 0 Å². The average molecular weight is 330 g/mol. The van der Waals surface area contributed by atoms with Gasteiger partial charge in [-0.25, -0.2) is 8.78 Å². The van der Waals surface area contributed by atoms with Gasteiger partial charge in [-0.05, 0) is 37.5 Å². The van der Waals surface area contributed by atoms with Crippen molar-refractivity contribution in [1.29, 1.82) is 0 Å². The van der Waals surface area contributed by atoms with Gasteiger partial charge in [0.2, 0.25) is 0 Å². The summed E-state index contributed by atoms with van der Waals surface area (Å²) in [6.45, 7) is 1.70. The highest BCUT2D eigenvalue weighted by Gasteiger charge is 2.34. The number of aromatic nitrogens is 2. The van der Waals surface area contributed by atoms with Crippen LogP contribution < -0.4 is 0 Å². The third-order valence-corrected chi connectivity index (χ3v) is 3.89. The van der Waals surface area contributed by atoms with E-state index in [-0.39, 0.29) is 23.7 Å². The van der Waals surface area contributed by atoms with E-state index in [0.29, 0.717) is 11.3 Å². The van der Waals surface area contributed by atoms with E-state index in [0.717, 1.165) is 18.9 Å². The summed E-state index contributed by atoms with van der Waals surface area (Å²) in [5.74, 6) is 0. The summed E-state index contributed by atoms with van der Waals surface area (Å²) in [4.78, 5) is 0. The van der Waals surface area contributed by atoms with Gasteiger partial charge in [0.15, 0.2) is 0 Å². The van der Waals surface area contributed by atoms with Gasteiger partial charge < -0.3 is 0 Å². The topological polar surface area (TPSA) is 17.8 Å². The molecule has 23 heavy (non-hydrogen) atoms. The first kappa shape index (κ1) is 16.0. The normalized spacial score (nSPS) is 15.4. The first-order valence-electron chi connectivity index (χ1n) is 7.29. The Balaban J connectivity index is 2.00. The van der Waals surface area contributed by atoms with Crippen LogP contribution in [0.2, 0.25) is 0 Å². The van der Waals surface area contributed by atoms with E-state index >= 15 is 0 Å². The van der Waals surface area contributed by atoms with Crippen LogP contribution in [0.5, 0.6) is 0 Å². The molecule has 1 fully saturated rings. The van der Waals surface area contributed by atoms with Gasteiger partial charge in [-0.3, -0.25) is 4.68 Å². The summed E-state index contributed by atoms with van der Waals surface area (Å²) < 4.78 is 66.6. The Morgan fingerprint density at radius 3 is 2.48 bits per heavy atom. The molecular formula is C16H15F5N2. The van der Waals surface area contributed by atoms with Crippen molar-refractivity contribution in [2.75, 3.05) is 0 Å². The van der Waals surface area contributed by atoms with Crippen LogP contribution >= 0.6 is 0 Å². The van der Waals surface area contributed by atoms with Crippen molar-refractivity contribution >= 4 is 0 Å². The summed E-state index contributed by atoms with van der Waals surface area (Å²) in [6.07, 6.45) is -5.63. The van der Waals surface area contributed by atoms with Gasteiger partial charge in [0.05, 0.1) is 11.6 Å². The molecule has 0 aliphatic heterocycles. The second-order valence-corrected chi connectivity index (χ2v) is 5.87. The number of aryl methyl sites for hydroxylation is 1. The third kappa shape index (κ3) is 3.38. The van der Waals surface area contributed by atoms with Crippen LogP contribution in [-0.4, -0.2) is 9.78 Å². The number of rotatable bonds is 4. The maximum Gasteiger partial charge on any atom is 0.416 e. The summed E-state index contributed by atoms with van der Waals surface area (Å²) in [5, 5.41) is 3.87. The number of benzene rings is 1. The van der Waals surface area contributed by atoms with Crippen molar-refractivity contribution in [2.45, 2.75) is 44.8 Å². The lowest BCUT2D eigenvalue weighted by Crippen LogP contribution is -2.11. The molecule has 0 unspecified atom stereocenters. The SMILES string of the molecule is Cc1ccc(C(F)(F)F)c(Cc2cc(C(F)F)nn2C2CC2)c1. The van der Waals surface area contributed by atoms with Crippen molar-refractivity contribution in [3.05, 3.63) is 52.3 Å². The molecule has 0 N–H and O–H groups in total. The van der Waals surface area contributed by atoms with E-state index in [1.807, 2.05) is 0 Å². The molecule has 7 heteroatoms. The van der Waals surface area contributed by atoms with E-state index in [4.69, 9.17) is 0 Å². The van der Waals surface area contributed by atoms with Crippen LogP contribution in [0.25, 0.3) is 0 Å². The zero-order valence-electron chi connectivity index (χ0n) is 12.4. The Morgan fingerprint density at radius 1 is 1.22 bits per heavy atom.